The van der Waals surface area contributed by atoms with E-state index in [9.17, 15) is 0 Å². The number of nitrogens with two attached hydrogens (primary N) is 1. The molecule has 0 spiro atoms. The van der Waals surface area contributed by atoms with Crippen molar-refractivity contribution in [3.05, 3.63) is 29.3 Å². The Morgan fingerprint density at radius 2 is 1.04 bits per heavy atom. The van der Waals surface area contributed by atoms with Crippen LogP contribution in [0.15, 0.2) is 18.2 Å². The van der Waals surface area contributed by atoms with Crippen LogP contribution < -0.4 is 5.73 Å². The van der Waals surface area contributed by atoms with Crippen LogP contribution in [0.2, 0.25) is 36.3 Å². The van der Waals surface area contributed by atoms with Crippen LogP contribution in [0, 0.1) is 0 Å². The molecule has 0 amide bonds. The van der Waals surface area contributed by atoms with Gasteiger partial charge in [0.2, 0.25) is 0 Å². The number of hydrogen-bond acceptors (Lipinski definition) is 3. The van der Waals surface area contributed by atoms with Gasteiger partial charge in [0.1, 0.15) is 0 Å². The summed E-state index contributed by atoms with van der Waals surface area (Å²) in [5.41, 5.74) is 9.18. The lowest BCUT2D eigenvalue weighted by Crippen LogP contribution is -2.40. The highest BCUT2D eigenvalue weighted by Crippen LogP contribution is 2.38. The van der Waals surface area contributed by atoms with Crippen LogP contribution >= 0.6 is 0 Å². The van der Waals surface area contributed by atoms with E-state index in [-0.39, 0.29) is 10.1 Å². The van der Waals surface area contributed by atoms with E-state index >= 15 is 0 Å². The summed E-state index contributed by atoms with van der Waals surface area (Å²) in [5.74, 6) is 0. The average molecular weight is 382 g/mol. The van der Waals surface area contributed by atoms with Crippen molar-refractivity contribution >= 4 is 22.3 Å². The molecule has 0 saturated carbocycles. The van der Waals surface area contributed by atoms with Gasteiger partial charge in [-0.15, -0.1) is 0 Å². The summed E-state index contributed by atoms with van der Waals surface area (Å²) in [6, 6.07) is 6.21. The van der Waals surface area contributed by atoms with Gasteiger partial charge in [-0.25, -0.2) is 0 Å². The van der Waals surface area contributed by atoms with E-state index < -0.39 is 16.6 Å². The van der Waals surface area contributed by atoms with Crippen molar-refractivity contribution in [1.82, 2.24) is 0 Å². The number of nitrogen functional groups attached to an aromatic ring is 1. The molecule has 144 valence electrons. The van der Waals surface area contributed by atoms with Crippen molar-refractivity contribution in [3.63, 3.8) is 0 Å². The molecule has 1 aromatic rings. The minimum atomic E-state index is -1.76. The van der Waals surface area contributed by atoms with Crippen LogP contribution in [0.4, 0.5) is 5.69 Å². The summed E-state index contributed by atoms with van der Waals surface area (Å²) >= 11 is 0. The second kappa shape index (κ2) is 7.55. The molecule has 0 unspecified atom stereocenters. The highest BCUT2D eigenvalue weighted by atomic mass is 28.4. The van der Waals surface area contributed by atoms with Gasteiger partial charge in [-0.2, -0.15) is 0 Å². The first-order valence-corrected chi connectivity index (χ1v) is 15.0. The SMILES string of the molecule is CC(C)(C)[Si](C)(C)OCc1cc(N)cc(CO[Si](C)(C)C(C)(C)C)c1. The van der Waals surface area contributed by atoms with Crippen molar-refractivity contribution < 1.29 is 8.85 Å². The van der Waals surface area contributed by atoms with E-state index in [0.29, 0.717) is 13.2 Å². The van der Waals surface area contributed by atoms with Gasteiger partial charge < -0.3 is 14.6 Å². The predicted molar refractivity (Wildman–Crippen MR) is 115 cm³/mol. The fraction of sp³-hybridized carbons (Fsp3) is 0.700. The number of rotatable bonds is 6. The average Bonchev–Trinajstić information content (AvgIpc) is 2.40. The number of hydrogen-bond donors (Lipinski definition) is 1. The van der Waals surface area contributed by atoms with E-state index in [1.807, 2.05) is 12.1 Å². The van der Waals surface area contributed by atoms with E-state index in [2.05, 4.69) is 73.8 Å². The van der Waals surface area contributed by atoms with Crippen LogP contribution in [0.25, 0.3) is 0 Å². The Morgan fingerprint density at radius 3 is 1.32 bits per heavy atom. The fourth-order valence-corrected chi connectivity index (χ4v) is 3.84. The molecule has 0 aromatic heterocycles. The van der Waals surface area contributed by atoms with Gasteiger partial charge >= 0.3 is 0 Å². The summed E-state index contributed by atoms with van der Waals surface area (Å²) < 4.78 is 12.7. The maximum atomic E-state index is 6.34. The predicted octanol–water partition coefficient (Wildman–Crippen LogP) is 6.31. The summed E-state index contributed by atoms with van der Waals surface area (Å²) in [6.45, 7) is 23.9. The molecule has 1 rings (SSSR count). The third-order valence-corrected chi connectivity index (χ3v) is 14.8. The van der Waals surface area contributed by atoms with Gasteiger partial charge in [-0.1, -0.05) is 47.6 Å². The zero-order valence-corrected chi connectivity index (χ0v) is 20.0. The Labute approximate surface area is 157 Å². The van der Waals surface area contributed by atoms with Crippen LogP contribution in [0.3, 0.4) is 0 Å². The standard InChI is InChI=1S/C20H39NO2Si2/c1-19(2,3)24(7,8)22-14-16-11-17(13-18(21)12-16)15-23-25(9,10)20(4,5)6/h11-13H,14-15,21H2,1-10H3. The molecular formula is C20H39NO2Si2. The summed E-state index contributed by atoms with van der Waals surface area (Å²) in [6.07, 6.45) is 0. The van der Waals surface area contributed by atoms with Gasteiger partial charge in [0, 0.05) is 5.69 Å². The van der Waals surface area contributed by atoms with E-state index in [4.69, 9.17) is 14.6 Å². The maximum absolute atomic E-state index is 6.34. The molecule has 0 saturated heterocycles. The van der Waals surface area contributed by atoms with Crippen LogP contribution in [-0.2, 0) is 22.1 Å². The van der Waals surface area contributed by atoms with Crippen molar-refractivity contribution in [2.45, 2.75) is 91.0 Å². The molecular weight excluding hydrogens is 342 g/mol. The van der Waals surface area contributed by atoms with E-state index in [0.717, 1.165) is 16.8 Å². The molecule has 0 radical (unpaired) electrons. The molecule has 0 aliphatic carbocycles. The van der Waals surface area contributed by atoms with Crippen LogP contribution in [0.5, 0.6) is 0 Å². The van der Waals surface area contributed by atoms with Crippen molar-refractivity contribution in [1.29, 1.82) is 0 Å². The third kappa shape index (κ3) is 6.24. The second-order valence-corrected chi connectivity index (χ2v) is 19.8. The molecule has 3 nitrogen and oxygen atoms in total. The Morgan fingerprint density at radius 1 is 0.720 bits per heavy atom. The first-order chi connectivity index (χ1) is 11.1. The Balaban J connectivity index is 2.84. The summed E-state index contributed by atoms with van der Waals surface area (Å²) in [7, 11) is -3.52. The largest absolute Gasteiger partial charge is 0.413 e. The molecule has 1 aromatic carbocycles. The van der Waals surface area contributed by atoms with Crippen molar-refractivity contribution in [2.75, 3.05) is 5.73 Å². The fourth-order valence-electron chi connectivity index (χ4n) is 1.92. The second-order valence-electron chi connectivity index (χ2n) is 10.2. The van der Waals surface area contributed by atoms with Gasteiger partial charge in [0.25, 0.3) is 0 Å². The first kappa shape index (κ1) is 22.4. The molecule has 0 atom stereocenters. The van der Waals surface area contributed by atoms with E-state index in [1.54, 1.807) is 0 Å². The van der Waals surface area contributed by atoms with Crippen molar-refractivity contribution in [3.8, 4) is 0 Å². The zero-order chi connectivity index (χ0) is 19.7. The van der Waals surface area contributed by atoms with Crippen LogP contribution in [0.1, 0.15) is 52.7 Å². The van der Waals surface area contributed by atoms with Gasteiger partial charge in [0.05, 0.1) is 13.2 Å². The Kier molecular flexibility index (Phi) is 6.77. The quantitative estimate of drug-likeness (QED) is 0.463. The smallest absolute Gasteiger partial charge is 0.192 e. The lowest BCUT2D eigenvalue weighted by molar-refractivity contribution is 0.271. The van der Waals surface area contributed by atoms with Gasteiger partial charge in [0.15, 0.2) is 16.6 Å². The minimum absolute atomic E-state index is 0.210. The molecule has 0 aliphatic heterocycles. The Hall–Kier alpha value is -0.626. The van der Waals surface area contributed by atoms with E-state index in [1.165, 1.54) is 0 Å². The molecule has 0 bridgehead atoms. The zero-order valence-electron chi connectivity index (χ0n) is 18.0. The molecule has 0 aliphatic rings. The highest BCUT2D eigenvalue weighted by Gasteiger charge is 2.38. The summed E-state index contributed by atoms with van der Waals surface area (Å²) in [5, 5.41) is 0.420. The molecule has 25 heavy (non-hydrogen) atoms. The minimum Gasteiger partial charge on any atom is -0.413 e. The Bertz CT molecular complexity index is 536. The summed E-state index contributed by atoms with van der Waals surface area (Å²) in [4.78, 5) is 0. The lowest BCUT2D eigenvalue weighted by Gasteiger charge is -2.36. The monoisotopic (exact) mass is 381 g/mol. The number of anilines is 1. The van der Waals surface area contributed by atoms with Crippen molar-refractivity contribution in [2.24, 2.45) is 0 Å². The molecule has 2 N–H and O–H groups in total. The lowest BCUT2D eigenvalue weighted by atomic mass is 10.1. The van der Waals surface area contributed by atoms with Gasteiger partial charge in [-0.05, 0) is 59.5 Å². The number of benzene rings is 1. The highest BCUT2D eigenvalue weighted by molar-refractivity contribution is 6.74. The molecule has 5 heteroatoms. The third-order valence-electron chi connectivity index (χ3n) is 5.89. The normalized spacial score (nSPS) is 14.0. The first-order valence-electron chi connectivity index (χ1n) is 9.21. The molecule has 0 heterocycles. The van der Waals surface area contributed by atoms with Crippen LogP contribution in [-0.4, -0.2) is 16.6 Å². The van der Waals surface area contributed by atoms with Gasteiger partial charge in [-0.3, -0.25) is 0 Å². The maximum Gasteiger partial charge on any atom is 0.192 e. The topological polar surface area (TPSA) is 44.5 Å². The molecule has 0 fully saturated rings.